The summed E-state index contributed by atoms with van der Waals surface area (Å²) >= 11 is 0. The molecule has 1 N–H and O–H groups in total. The lowest BCUT2D eigenvalue weighted by Gasteiger charge is -2.39. The Morgan fingerprint density at radius 2 is 1.66 bits per heavy atom. The first-order valence-electron chi connectivity index (χ1n) is 13.9. The largest absolute Gasteiger partial charge is 0.488 e. The molecule has 11 nitrogen and oxygen atoms in total. The molecule has 3 fully saturated rings. The molecular weight excluding hydrogens is 548 g/mol. The summed E-state index contributed by atoms with van der Waals surface area (Å²) in [4.78, 5) is 53.1. The minimum absolute atomic E-state index is 0.0746. The number of imide groups is 2. The highest BCUT2D eigenvalue weighted by molar-refractivity contribution is 7.89. The fraction of sp³-hybridized carbons (Fsp3) is 0.448. The molecule has 0 spiro atoms. The third-order valence-electron chi connectivity index (χ3n) is 8.32. The van der Waals surface area contributed by atoms with E-state index in [-0.39, 0.29) is 35.0 Å². The van der Waals surface area contributed by atoms with Crippen LogP contribution in [0.4, 0.5) is 0 Å². The van der Waals surface area contributed by atoms with Crippen molar-refractivity contribution in [3.05, 3.63) is 59.2 Å². The first-order valence-corrected chi connectivity index (χ1v) is 15.4. The standard InChI is InChI=1S/C29H32N4O7S/c1-18-9-11-32(12-10-18)41(38,39)22-4-2-3-20(14-22)40-21-16-31(17-21)15-19-5-6-23-24(13-19)29(37)33(28(23)36)25-7-8-26(34)30-27(25)35/h2-6,13-14,18,21,25H,7-12,15-17H2,1H3,(H,30,34,35). The van der Waals surface area contributed by atoms with Gasteiger partial charge in [0, 0.05) is 45.2 Å². The molecule has 0 radical (unpaired) electrons. The van der Waals surface area contributed by atoms with Gasteiger partial charge in [-0.25, -0.2) is 8.42 Å². The van der Waals surface area contributed by atoms with E-state index in [9.17, 15) is 27.6 Å². The van der Waals surface area contributed by atoms with Crippen molar-refractivity contribution in [3.8, 4) is 5.75 Å². The van der Waals surface area contributed by atoms with E-state index in [0.717, 1.165) is 23.3 Å². The van der Waals surface area contributed by atoms with Crippen LogP contribution in [0.2, 0.25) is 0 Å². The molecular formula is C29H32N4O7S. The highest BCUT2D eigenvalue weighted by Gasteiger charge is 2.44. The van der Waals surface area contributed by atoms with E-state index in [0.29, 0.717) is 44.4 Å². The maximum Gasteiger partial charge on any atom is 0.262 e. The van der Waals surface area contributed by atoms with Gasteiger partial charge in [-0.15, -0.1) is 0 Å². The van der Waals surface area contributed by atoms with E-state index < -0.39 is 39.7 Å². The number of ether oxygens (including phenoxy) is 1. The normalized spacial score (nSPS) is 23.0. The van der Waals surface area contributed by atoms with Gasteiger partial charge in [-0.1, -0.05) is 19.1 Å². The summed E-state index contributed by atoms with van der Waals surface area (Å²) in [7, 11) is -3.56. The first kappa shape index (κ1) is 27.6. The van der Waals surface area contributed by atoms with Crippen molar-refractivity contribution >= 4 is 33.7 Å². The van der Waals surface area contributed by atoms with E-state index in [2.05, 4.69) is 17.1 Å². The van der Waals surface area contributed by atoms with E-state index >= 15 is 0 Å². The molecule has 4 aliphatic heterocycles. The van der Waals surface area contributed by atoms with E-state index in [1.807, 2.05) is 0 Å². The SMILES string of the molecule is CC1CCN(S(=O)(=O)c2cccc(OC3CN(Cc4ccc5c(c4)C(=O)N(C4CCC(=O)NC4=O)C5=O)C3)c2)CC1. The first-order chi connectivity index (χ1) is 19.6. The van der Waals surface area contributed by atoms with Gasteiger partial charge < -0.3 is 4.74 Å². The average molecular weight is 581 g/mol. The van der Waals surface area contributed by atoms with Crippen LogP contribution >= 0.6 is 0 Å². The van der Waals surface area contributed by atoms with Gasteiger partial charge >= 0.3 is 0 Å². The highest BCUT2D eigenvalue weighted by Crippen LogP contribution is 2.30. The summed E-state index contributed by atoms with van der Waals surface area (Å²) in [6.07, 6.45) is 1.81. The highest BCUT2D eigenvalue weighted by atomic mass is 32.2. The number of nitrogens with zero attached hydrogens (tertiary/aromatic N) is 3. The number of likely N-dealkylation sites (tertiary alicyclic amines) is 1. The number of carbonyl (C=O) groups is 4. The predicted molar refractivity (Wildman–Crippen MR) is 146 cm³/mol. The quantitative estimate of drug-likeness (QED) is 0.490. The smallest absolute Gasteiger partial charge is 0.262 e. The van der Waals surface area contributed by atoms with Crippen molar-refractivity contribution in [2.75, 3.05) is 26.2 Å². The summed E-state index contributed by atoms with van der Waals surface area (Å²) in [5.74, 6) is -1.05. The number of rotatable bonds is 7. The number of benzene rings is 2. The van der Waals surface area contributed by atoms with Gasteiger partial charge in [0.1, 0.15) is 17.9 Å². The molecule has 2 aromatic carbocycles. The predicted octanol–water partition coefficient (Wildman–Crippen LogP) is 1.77. The molecule has 6 rings (SSSR count). The molecule has 41 heavy (non-hydrogen) atoms. The molecule has 1 atom stereocenters. The average Bonchev–Trinajstić information content (AvgIpc) is 3.17. The maximum absolute atomic E-state index is 13.1. The fourth-order valence-electron chi connectivity index (χ4n) is 5.88. The Morgan fingerprint density at radius 1 is 0.927 bits per heavy atom. The molecule has 1 unspecified atom stereocenters. The summed E-state index contributed by atoms with van der Waals surface area (Å²) in [5, 5.41) is 2.20. The molecule has 4 heterocycles. The van der Waals surface area contributed by atoms with Crippen LogP contribution in [-0.4, -0.2) is 84.5 Å². The second kappa shape index (κ2) is 10.7. The summed E-state index contributed by atoms with van der Waals surface area (Å²) in [5.41, 5.74) is 1.35. The van der Waals surface area contributed by atoms with Crippen LogP contribution in [0.3, 0.4) is 0 Å². The van der Waals surface area contributed by atoms with Crippen molar-refractivity contribution in [3.63, 3.8) is 0 Å². The van der Waals surface area contributed by atoms with Gasteiger partial charge in [0.25, 0.3) is 11.8 Å². The van der Waals surface area contributed by atoms with E-state index in [1.165, 1.54) is 0 Å². The molecule has 12 heteroatoms. The minimum atomic E-state index is -3.56. The Bertz CT molecular complexity index is 1530. The van der Waals surface area contributed by atoms with Gasteiger partial charge in [-0.05, 0) is 55.0 Å². The third-order valence-corrected chi connectivity index (χ3v) is 10.2. The van der Waals surface area contributed by atoms with Crippen molar-refractivity contribution in [1.82, 2.24) is 19.4 Å². The molecule has 0 aliphatic carbocycles. The van der Waals surface area contributed by atoms with Crippen LogP contribution in [0, 0.1) is 5.92 Å². The molecule has 3 saturated heterocycles. The molecule has 4 aliphatic rings. The number of piperidine rings is 2. The summed E-state index contributed by atoms with van der Waals surface area (Å²) in [6, 6.07) is 10.8. The number of hydrogen-bond acceptors (Lipinski definition) is 8. The van der Waals surface area contributed by atoms with Crippen LogP contribution in [0.1, 0.15) is 58.9 Å². The zero-order chi connectivity index (χ0) is 28.9. The topological polar surface area (TPSA) is 133 Å². The van der Waals surface area contributed by atoms with Gasteiger partial charge in [0.2, 0.25) is 21.8 Å². The Morgan fingerprint density at radius 3 is 2.39 bits per heavy atom. The van der Waals surface area contributed by atoms with Gasteiger partial charge in [0.15, 0.2) is 0 Å². The lowest BCUT2D eigenvalue weighted by Crippen LogP contribution is -2.54. The Balaban J connectivity index is 1.05. The third kappa shape index (κ3) is 5.27. The number of carbonyl (C=O) groups excluding carboxylic acids is 4. The van der Waals surface area contributed by atoms with Crippen LogP contribution in [0.25, 0.3) is 0 Å². The summed E-state index contributed by atoms with van der Waals surface area (Å²) < 4.78 is 33.9. The number of sulfonamides is 1. The minimum Gasteiger partial charge on any atom is -0.488 e. The second-order valence-corrected chi connectivity index (χ2v) is 13.3. The number of amides is 4. The number of fused-ring (bicyclic) bond motifs is 1. The molecule has 0 bridgehead atoms. The maximum atomic E-state index is 13.1. The Labute approximate surface area is 238 Å². The van der Waals surface area contributed by atoms with Crippen LogP contribution in [0.15, 0.2) is 47.4 Å². The molecule has 216 valence electrons. The van der Waals surface area contributed by atoms with Gasteiger partial charge in [-0.2, -0.15) is 4.31 Å². The van der Waals surface area contributed by atoms with Crippen LogP contribution < -0.4 is 10.1 Å². The number of nitrogens with one attached hydrogen (secondary N) is 1. The van der Waals surface area contributed by atoms with Gasteiger partial charge in [0.05, 0.1) is 16.0 Å². The van der Waals surface area contributed by atoms with E-state index in [1.54, 1.807) is 46.8 Å². The lowest BCUT2D eigenvalue weighted by atomic mass is 10.0. The lowest BCUT2D eigenvalue weighted by molar-refractivity contribution is -0.136. The van der Waals surface area contributed by atoms with Crippen molar-refractivity contribution < 1.29 is 32.3 Å². The Kier molecular flexibility index (Phi) is 7.16. The zero-order valence-electron chi connectivity index (χ0n) is 22.7. The number of hydrogen-bond donors (Lipinski definition) is 1. The van der Waals surface area contributed by atoms with Crippen LogP contribution in [-0.2, 0) is 26.2 Å². The van der Waals surface area contributed by atoms with Crippen molar-refractivity contribution in [2.45, 2.75) is 56.2 Å². The second-order valence-electron chi connectivity index (χ2n) is 11.3. The van der Waals surface area contributed by atoms with E-state index in [4.69, 9.17) is 4.74 Å². The van der Waals surface area contributed by atoms with Gasteiger partial charge in [-0.3, -0.25) is 34.3 Å². The molecule has 2 aromatic rings. The fourth-order valence-corrected chi connectivity index (χ4v) is 7.38. The molecule has 0 aromatic heterocycles. The van der Waals surface area contributed by atoms with Crippen LogP contribution in [0.5, 0.6) is 5.75 Å². The monoisotopic (exact) mass is 580 g/mol. The molecule has 0 saturated carbocycles. The van der Waals surface area contributed by atoms with Crippen molar-refractivity contribution in [1.29, 1.82) is 0 Å². The van der Waals surface area contributed by atoms with Crippen molar-refractivity contribution in [2.24, 2.45) is 5.92 Å². The molecule has 4 amide bonds. The summed E-state index contributed by atoms with van der Waals surface area (Å²) in [6.45, 7) is 4.98. The zero-order valence-corrected chi connectivity index (χ0v) is 23.6. The Hall–Kier alpha value is -3.61.